The standard InChI is InChI=1S/C11H10N2OS/c1-8-12-6-11(15-8)9-4-2-3-5-10(9)13-7-14/h2-7H,1H3,(H,13,14). The summed E-state index contributed by atoms with van der Waals surface area (Å²) < 4.78 is 0. The zero-order valence-electron chi connectivity index (χ0n) is 8.23. The van der Waals surface area contributed by atoms with E-state index in [-0.39, 0.29) is 0 Å². The minimum Gasteiger partial charge on any atom is -0.328 e. The second-order valence-corrected chi connectivity index (χ2v) is 4.29. The number of benzene rings is 1. The van der Waals surface area contributed by atoms with Gasteiger partial charge in [-0.25, -0.2) is 4.98 Å². The van der Waals surface area contributed by atoms with E-state index in [2.05, 4.69) is 10.3 Å². The van der Waals surface area contributed by atoms with Crippen molar-refractivity contribution < 1.29 is 4.79 Å². The van der Waals surface area contributed by atoms with E-state index in [1.54, 1.807) is 11.3 Å². The number of amides is 1. The molecule has 76 valence electrons. The number of para-hydroxylation sites is 1. The van der Waals surface area contributed by atoms with Gasteiger partial charge in [-0.15, -0.1) is 11.3 Å². The van der Waals surface area contributed by atoms with Gasteiger partial charge in [0, 0.05) is 17.4 Å². The molecule has 2 rings (SSSR count). The third-order valence-electron chi connectivity index (χ3n) is 2.03. The predicted molar refractivity (Wildman–Crippen MR) is 62.0 cm³/mol. The predicted octanol–water partition coefficient (Wildman–Crippen LogP) is 2.69. The molecule has 4 heteroatoms. The fraction of sp³-hybridized carbons (Fsp3) is 0.0909. The number of carbonyl (C=O) groups excluding carboxylic acids is 1. The van der Waals surface area contributed by atoms with Crippen LogP contribution in [0.1, 0.15) is 5.01 Å². The normalized spacial score (nSPS) is 9.93. The second-order valence-electron chi connectivity index (χ2n) is 3.05. The molecule has 0 aliphatic heterocycles. The Morgan fingerprint density at radius 1 is 1.40 bits per heavy atom. The van der Waals surface area contributed by atoms with Crippen LogP contribution in [0.4, 0.5) is 5.69 Å². The van der Waals surface area contributed by atoms with Crippen LogP contribution in [0.5, 0.6) is 0 Å². The number of anilines is 1. The van der Waals surface area contributed by atoms with Crippen molar-refractivity contribution in [1.82, 2.24) is 4.98 Å². The minimum absolute atomic E-state index is 0.687. The van der Waals surface area contributed by atoms with Gasteiger partial charge in [-0.2, -0.15) is 0 Å². The number of rotatable bonds is 3. The molecule has 2 aromatic rings. The molecule has 1 N–H and O–H groups in total. The molecule has 0 unspecified atom stereocenters. The zero-order chi connectivity index (χ0) is 10.7. The number of aromatic nitrogens is 1. The SMILES string of the molecule is Cc1ncc(-c2ccccc2NC=O)s1. The van der Waals surface area contributed by atoms with Crippen molar-refractivity contribution >= 4 is 23.4 Å². The van der Waals surface area contributed by atoms with E-state index in [9.17, 15) is 4.79 Å². The molecule has 0 fully saturated rings. The molecule has 0 atom stereocenters. The average molecular weight is 218 g/mol. The summed E-state index contributed by atoms with van der Waals surface area (Å²) in [7, 11) is 0. The van der Waals surface area contributed by atoms with Crippen molar-refractivity contribution in [2.75, 3.05) is 5.32 Å². The molecule has 15 heavy (non-hydrogen) atoms. The highest BCUT2D eigenvalue weighted by Gasteiger charge is 2.06. The van der Waals surface area contributed by atoms with Crippen LogP contribution < -0.4 is 5.32 Å². The maximum atomic E-state index is 10.4. The zero-order valence-corrected chi connectivity index (χ0v) is 9.04. The van der Waals surface area contributed by atoms with Gasteiger partial charge in [-0.05, 0) is 13.0 Å². The smallest absolute Gasteiger partial charge is 0.211 e. The third-order valence-corrected chi connectivity index (χ3v) is 2.97. The van der Waals surface area contributed by atoms with E-state index in [1.807, 2.05) is 37.4 Å². The highest BCUT2D eigenvalue weighted by atomic mass is 32.1. The molecule has 0 bridgehead atoms. The summed E-state index contributed by atoms with van der Waals surface area (Å²) in [5.74, 6) is 0. The van der Waals surface area contributed by atoms with Crippen LogP contribution in [0.2, 0.25) is 0 Å². The van der Waals surface area contributed by atoms with E-state index >= 15 is 0 Å². The van der Waals surface area contributed by atoms with Crippen molar-refractivity contribution in [3.63, 3.8) is 0 Å². The molecule has 1 amide bonds. The van der Waals surface area contributed by atoms with Crippen LogP contribution in [-0.2, 0) is 4.79 Å². The summed E-state index contributed by atoms with van der Waals surface area (Å²) in [6.07, 6.45) is 2.51. The Labute approximate surface area is 91.8 Å². The average Bonchev–Trinajstić information content (AvgIpc) is 2.66. The molecule has 0 aliphatic carbocycles. The van der Waals surface area contributed by atoms with Crippen LogP contribution in [-0.4, -0.2) is 11.4 Å². The van der Waals surface area contributed by atoms with Crippen LogP contribution >= 0.6 is 11.3 Å². The molecule has 0 saturated carbocycles. The number of aryl methyl sites for hydroxylation is 1. The summed E-state index contributed by atoms with van der Waals surface area (Å²) in [6.45, 7) is 1.96. The fourth-order valence-electron chi connectivity index (χ4n) is 1.37. The van der Waals surface area contributed by atoms with Gasteiger partial charge < -0.3 is 5.32 Å². The largest absolute Gasteiger partial charge is 0.328 e. The molecular formula is C11H10N2OS. The van der Waals surface area contributed by atoms with E-state index in [0.29, 0.717) is 6.41 Å². The first-order valence-corrected chi connectivity index (χ1v) is 5.35. The van der Waals surface area contributed by atoms with Crippen LogP contribution in [0.25, 0.3) is 10.4 Å². The summed E-state index contributed by atoms with van der Waals surface area (Å²) >= 11 is 1.61. The number of hydrogen-bond donors (Lipinski definition) is 1. The van der Waals surface area contributed by atoms with Crippen molar-refractivity contribution in [2.45, 2.75) is 6.92 Å². The molecule has 0 saturated heterocycles. The quantitative estimate of drug-likeness (QED) is 0.805. The topological polar surface area (TPSA) is 42.0 Å². The lowest BCUT2D eigenvalue weighted by Gasteiger charge is -2.04. The van der Waals surface area contributed by atoms with Gasteiger partial charge in [0.05, 0.1) is 9.88 Å². The molecule has 1 aromatic carbocycles. The Balaban J connectivity index is 2.47. The summed E-state index contributed by atoms with van der Waals surface area (Å²) in [5.41, 5.74) is 1.83. The first kappa shape index (κ1) is 9.86. The van der Waals surface area contributed by atoms with Crippen molar-refractivity contribution in [1.29, 1.82) is 0 Å². The Morgan fingerprint density at radius 3 is 2.87 bits per heavy atom. The van der Waals surface area contributed by atoms with Gasteiger partial charge in [-0.3, -0.25) is 4.79 Å². The van der Waals surface area contributed by atoms with Crippen molar-refractivity contribution in [3.05, 3.63) is 35.5 Å². The monoisotopic (exact) mass is 218 g/mol. The molecular weight excluding hydrogens is 208 g/mol. The number of hydrogen-bond acceptors (Lipinski definition) is 3. The summed E-state index contributed by atoms with van der Waals surface area (Å²) in [6, 6.07) is 7.68. The van der Waals surface area contributed by atoms with Gasteiger partial charge in [0.1, 0.15) is 0 Å². The highest BCUT2D eigenvalue weighted by Crippen LogP contribution is 2.31. The maximum Gasteiger partial charge on any atom is 0.211 e. The molecule has 0 radical (unpaired) electrons. The summed E-state index contributed by atoms with van der Waals surface area (Å²) in [5, 5.41) is 3.70. The molecule has 3 nitrogen and oxygen atoms in total. The number of thiazole rings is 1. The van der Waals surface area contributed by atoms with Crippen LogP contribution in [0.3, 0.4) is 0 Å². The van der Waals surface area contributed by atoms with E-state index in [0.717, 1.165) is 21.1 Å². The fourth-order valence-corrected chi connectivity index (χ4v) is 2.19. The Kier molecular flexibility index (Phi) is 2.78. The number of carbonyl (C=O) groups is 1. The van der Waals surface area contributed by atoms with Gasteiger partial charge in [-0.1, -0.05) is 18.2 Å². The Morgan fingerprint density at radius 2 is 2.20 bits per heavy atom. The number of nitrogens with one attached hydrogen (secondary N) is 1. The van der Waals surface area contributed by atoms with Crippen LogP contribution in [0.15, 0.2) is 30.5 Å². The number of nitrogens with zero attached hydrogens (tertiary/aromatic N) is 1. The first-order valence-electron chi connectivity index (χ1n) is 4.53. The Hall–Kier alpha value is -1.68. The third kappa shape index (κ3) is 2.05. The highest BCUT2D eigenvalue weighted by molar-refractivity contribution is 7.15. The lowest BCUT2D eigenvalue weighted by molar-refractivity contribution is -0.105. The first-order chi connectivity index (χ1) is 7.31. The van der Waals surface area contributed by atoms with Gasteiger partial charge in [0.2, 0.25) is 6.41 Å². The van der Waals surface area contributed by atoms with Crippen molar-refractivity contribution in [2.24, 2.45) is 0 Å². The van der Waals surface area contributed by atoms with Gasteiger partial charge in [0.15, 0.2) is 0 Å². The van der Waals surface area contributed by atoms with Gasteiger partial charge in [0.25, 0.3) is 0 Å². The lowest BCUT2D eigenvalue weighted by atomic mass is 10.1. The summed E-state index contributed by atoms with van der Waals surface area (Å²) in [4.78, 5) is 15.7. The minimum atomic E-state index is 0.687. The molecule has 1 aromatic heterocycles. The Bertz CT molecular complexity index is 479. The molecule has 1 heterocycles. The van der Waals surface area contributed by atoms with Crippen molar-refractivity contribution in [3.8, 4) is 10.4 Å². The van der Waals surface area contributed by atoms with E-state index in [1.165, 1.54) is 0 Å². The van der Waals surface area contributed by atoms with Gasteiger partial charge >= 0.3 is 0 Å². The van der Waals surface area contributed by atoms with E-state index < -0.39 is 0 Å². The second kappa shape index (κ2) is 4.23. The molecule has 0 aliphatic rings. The maximum absolute atomic E-state index is 10.4. The van der Waals surface area contributed by atoms with Crippen LogP contribution in [0, 0.1) is 6.92 Å². The lowest BCUT2D eigenvalue weighted by Crippen LogP contribution is -1.95. The van der Waals surface area contributed by atoms with E-state index in [4.69, 9.17) is 0 Å². The molecule has 0 spiro atoms.